The second kappa shape index (κ2) is 5.11. The lowest BCUT2D eigenvalue weighted by atomic mass is 10.00. The van der Waals surface area contributed by atoms with Crippen molar-refractivity contribution in [3.8, 4) is 5.75 Å². The Bertz CT molecular complexity index is 423. The van der Waals surface area contributed by atoms with E-state index in [1.807, 2.05) is 32.9 Å². The number of ether oxygens (including phenoxy) is 1. The predicted molar refractivity (Wildman–Crippen MR) is 71.7 cm³/mol. The van der Waals surface area contributed by atoms with E-state index in [1.165, 1.54) is 5.56 Å². The molecule has 18 heavy (non-hydrogen) atoms. The van der Waals surface area contributed by atoms with Crippen LogP contribution in [-0.2, 0) is 11.3 Å². The first-order chi connectivity index (χ1) is 8.54. The number of ketones is 1. The predicted octanol–water partition coefficient (Wildman–Crippen LogP) is 2.64. The fraction of sp³-hybridized carbons (Fsp3) is 0.533. The molecule has 2 rings (SSSR count). The molecule has 3 nitrogen and oxygen atoms in total. The van der Waals surface area contributed by atoms with Gasteiger partial charge in [-0.25, -0.2) is 0 Å². The van der Waals surface area contributed by atoms with E-state index in [9.17, 15) is 4.79 Å². The number of carbonyl (C=O) groups is 1. The van der Waals surface area contributed by atoms with Crippen LogP contribution in [0.2, 0.25) is 0 Å². The molecular formula is C15H21NO2. The number of likely N-dealkylation sites (tertiary alicyclic amines) is 1. The summed E-state index contributed by atoms with van der Waals surface area (Å²) >= 11 is 0. The first-order valence-corrected chi connectivity index (χ1v) is 6.54. The lowest BCUT2D eigenvalue weighted by molar-refractivity contribution is -0.123. The van der Waals surface area contributed by atoms with Crippen LogP contribution in [0.25, 0.3) is 0 Å². The van der Waals surface area contributed by atoms with Crippen molar-refractivity contribution in [3.63, 3.8) is 0 Å². The first-order valence-electron chi connectivity index (χ1n) is 6.54. The number of rotatable bonds is 4. The monoisotopic (exact) mass is 247 g/mol. The van der Waals surface area contributed by atoms with Crippen molar-refractivity contribution < 1.29 is 9.53 Å². The Morgan fingerprint density at radius 3 is 2.44 bits per heavy atom. The summed E-state index contributed by atoms with van der Waals surface area (Å²) in [5.41, 5.74) is 0.903. The highest BCUT2D eigenvalue weighted by Gasteiger charge is 2.39. The second-order valence-corrected chi connectivity index (χ2v) is 5.23. The zero-order valence-corrected chi connectivity index (χ0v) is 11.4. The Kier molecular flexibility index (Phi) is 3.71. The number of nitrogens with zero attached hydrogens (tertiary/aromatic N) is 1. The molecule has 1 aromatic carbocycles. The van der Waals surface area contributed by atoms with Crippen LogP contribution in [0.3, 0.4) is 0 Å². The van der Waals surface area contributed by atoms with E-state index in [-0.39, 0.29) is 5.54 Å². The van der Waals surface area contributed by atoms with Crippen LogP contribution in [0.4, 0.5) is 0 Å². The van der Waals surface area contributed by atoms with E-state index in [1.54, 1.807) is 0 Å². The third kappa shape index (κ3) is 2.56. The van der Waals surface area contributed by atoms with Gasteiger partial charge in [-0.3, -0.25) is 9.69 Å². The highest BCUT2D eigenvalue weighted by molar-refractivity contribution is 5.89. The number of hydrogen-bond acceptors (Lipinski definition) is 3. The number of hydrogen-bond donors (Lipinski definition) is 0. The summed E-state index contributed by atoms with van der Waals surface area (Å²) in [6.45, 7) is 8.37. The van der Waals surface area contributed by atoms with Gasteiger partial charge in [0.25, 0.3) is 0 Å². The summed E-state index contributed by atoms with van der Waals surface area (Å²) in [5, 5.41) is 0. The Morgan fingerprint density at radius 1 is 1.28 bits per heavy atom. The SMILES string of the molecule is CCOc1ccc(CN2CCC(=O)C2(C)C)cc1. The maximum Gasteiger partial charge on any atom is 0.153 e. The molecule has 0 radical (unpaired) electrons. The van der Waals surface area contributed by atoms with E-state index < -0.39 is 0 Å². The van der Waals surface area contributed by atoms with Gasteiger partial charge < -0.3 is 4.74 Å². The van der Waals surface area contributed by atoms with Crippen molar-refractivity contribution >= 4 is 5.78 Å². The largest absolute Gasteiger partial charge is 0.494 e. The van der Waals surface area contributed by atoms with Gasteiger partial charge in [-0.1, -0.05) is 12.1 Å². The van der Waals surface area contributed by atoms with Gasteiger partial charge in [0.1, 0.15) is 5.75 Å². The molecule has 1 heterocycles. The summed E-state index contributed by atoms with van der Waals surface area (Å²) in [6, 6.07) is 8.13. The van der Waals surface area contributed by atoms with E-state index in [4.69, 9.17) is 4.74 Å². The quantitative estimate of drug-likeness (QED) is 0.819. The van der Waals surface area contributed by atoms with Crippen molar-refractivity contribution in [2.75, 3.05) is 13.2 Å². The van der Waals surface area contributed by atoms with Gasteiger partial charge in [0.05, 0.1) is 12.1 Å². The minimum atomic E-state index is -0.321. The smallest absolute Gasteiger partial charge is 0.153 e. The molecule has 1 aliphatic rings. The van der Waals surface area contributed by atoms with E-state index in [0.29, 0.717) is 18.8 Å². The normalized spacial score (nSPS) is 19.2. The van der Waals surface area contributed by atoms with Crippen LogP contribution >= 0.6 is 0 Å². The standard InChI is InChI=1S/C15H21NO2/c1-4-18-13-7-5-12(6-8-13)11-16-10-9-14(17)15(16,2)3/h5-8H,4,9-11H2,1-3H3. The van der Waals surface area contributed by atoms with Crippen LogP contribution < -0.4 is 4.74 Å². The summed E-state index contributed by atoms with van der Waals surface area (Å²) in [5.74, 6) is 1.24. The van der Waals surface area contributed by atoms with Gasteiger partial charge in [-0.2, -0.15) is 0 Å². The molecule has 0 aliphatic carbocycles. The Morgan fingerprint density at radius 2 is 1.94 bits per heavy atom. The highest BCUT2D eigenvalue weighted by atomic mass is 16.5. The number of carbonyl (C=O) groups excluding carboxylic acids is 1. The molecule has 1 saturated heterocycles. The zero-order valence-electron chi connectivity index (χ0n) is 11.4. The summed E-state index contributed by atoms with van der Waals surface area (Å²) in [7, 11) is 0. The molecule has 0 bridgehead atoms. The maximum atomic E-state index is 11.8. The van der Waals surface area contributed by atoms with Crippen molar-refractivity contribution in [2.24, 2.45) is 0 Å². The van der Waals surface area contributed by atoms with Gasteiger partial charge in [0, 0.05) is 19.5 Å². The average molecular weight is 247 g/mol. The average Bonchev–Trinajstić information content (AvgIpc) is 2.59. The van der Waals surface area contributed by atoms with Crippen molar-refractivity contribution in [1.82, 2.24) is 4.90 Å². The molecule has 0 unspecified atom stereocenters. The molecule has 1 aromatic rings. The van der Waals surface area contributed by atoms with Crippen LogP contribution in [0, 0.1) is 0 Å². The Labute approximate surface area is 109 Å². The van der Waals surface area contributed by atoms with Crippen molar-refractivity contribution in [2.45, 2.75) is 39.3 Å². The molecule has 0 amide bonds. The van der Waals surface area contributed by atoms with E-state index in [2.05, 4.69) is 17.0 Å². The van der Waals surface area contributed by atoms with Crippen molar-refractivity contribution in [1.29, 1.82) is 0 Å². The summed E-state index contributed by atoms with van der Waals surface area (Å²) in [4.78, 5) is 14.0. The van der Waals surface area contributed by atoms with Crippen LogP contribution in [0.15, 0.2) is 24.3 Å². The molecule has 0 saturated carbocycles. The first kappa shape index (κ1) is 13.1. The van der Waals surface area contributed by atoms with Gasteiger partial charge in [-0.05, 0) is 38.5 Å². The Balaban J connectivity index is 2.04. The summed E-state index contributed by atoms with van der Waals surface area (Å²) in [6.07, 6.45) is 0.671. The summed E-state index contributed by atoms with van der Waals surface area (Å²) < 4.78 is 5.42. The maximum absolute atomic E-state index is 11.8. The topological polar surface area (TPSA) is 29.5 Å². The third-order valence-electron chi connectivity index (χ3n) is 3.69. The van der Waals surface area contributed by atoms with Gasteiger partial charge in [0.15, 0.2) is 5.78 Å². The number of Topliss-reactive ketones (excluding diaryl/α,β-unsaturated/α-hetero) is 1. The third-order valence-corrected chi connectivity index (χ3v) is 3.69. The second-order valence-electron chi connectivity index (χ2n) is 5.23. The molecule has 0 spiro atoms. The molecule has 1 aliphatic heterocycles. The lowest BCUT2D eigenvalue weighted by Crippen LogP contribution is -2.42. The minimum Gasteiger partial charge on any atom is -0.494 e. The zero-order chi connectivity index (χ0) is 13.2. The van der Waals surface area contributed by atoms with Crippen LogP contribution in [0.1, 0.15) is 32.8 Å². The molecule has 0 aromatic heterocycles. The molecular weight excluding hydrogens is 226 g/mol. The molecule has 1 fully saturated rings. The Hall–Kier alpha value is -1.35. The number of benzene rings is 1. The van der Waals surface area contributed by atoms with Gasteiger partial charge >= 0.3 is 0 Å². The minimum absolute atomic E-state index is 0.321. The molecule has 0 N–H and O–H groups in total. The van der Waals surface area contributed by atoms with Gasteiger partial charge in [0.2, 0.25) is 0 Å². The van der Waals surface area contributed by atoms with Crippen LogP contribution in [0.5, 0.6) is 5.75 Å². The highest BCUT2D eigenvalue weighted by Crippen LogP contribution is 2.27. The molecule has 0 atom stereocenters. The molecule has 98 valence electrons. The van der Waals surface area contributed by atoms with E-state index >= 15 is 0 Å². The van der Waals surface area contributed by atoms with Gasteiger partial charge in [-0.15, -0.1) is 0 Å². The molecule has 3 heteroatoms. The van der Waals surface area contributed by atoms with Crippen LogP contribution in [-0.4, -0.2) is 29.4 Å². The fourth-order valence-corrected chi connectivity index (χ4v) is 2.35. The lowest BCUT2D eigenvalue weighted by Gasteiger charge is -2.29. The van der Waals surface area contributed by atoms with E-state index in [0.717, 1.165) is 18.8 Å². The van der Waals surface area contributed by atoms with Crippen molar-refractivity contribution in [3.05, 3.63) is 29.8 Å². The fourth-order valence-electron chi connectivity index (χ4n) is 2.35.